The van der Waals surface area contributed by atoms with Crippen molar-refractivity contribution in [3.8, 4) is 5.75 Å². The predicted molar refractivity (Wildman–Crippen MR) is 81.0 cm³/mol. The molecule has 0 fully saturated rings. The van der Waals surface area contributed by atoms with E-state index in [9.17, 15) is 4.79 Å². The first-order valence-electron chi connectivity index (χ1n) is 7.03. The van der Waals surface area contributed by atoms with Gasteiger partial charge in [-0.1, -0.05) is 30.3 Å². The second-order valence-corrected chi connectivity index (χ2v) is 5.07. The summed E-state index contributed by atoms with van der Waals surface area (Å²) in [5, 5.41) is 9.17. The minimum Gasteiger partial charge on any atom is -0.478 e. The van der Waals surface area contributed by atoms with Crippen LogP contribution in [0.1, 0.15) is 22.3 Å². The van der Waals surface area contributed by atoms with Crippen molar-refractivity contribution in [1.82, 2.24) is 0 Å². The highest BCUT2D eigenvalue weighted by Crippen LogP contribution is 2.27. The van der Waals surface area contributed by atoms with E-state index in [0.717, 1.165) is 19.4 Å². The van der Waals surface area contributed by atoms with Crippen molar-refractivity contribution < 1.29 is 14.6 Å². The first kappa shape index (κ1) is 13.5. The van der Waals surface area contributed by atoms with Gasteiger partial charge < -0.3 is 14.7 Å². The summed E-state index contributed by atoms with van der Waals surface area (Å²) >= 11 is 0. The maximum absolute atomic E-state index is 11.2. The van der Waals surface area contributed by atoms with Gasteiger partial charge in [-0.05, 0) is 36.6 Å². The van der Waals surface area contributed by atoms with Crippen LogP contribution in [0.3, 0.4) is 0 Å². The molecule has 0 unspecified atom stereocenters. The SMILES string of the molecule is O=C(O)c1ccccc1OCN1CCCc2ccccc21. The Bertz CT molecular complexity index is 654. The maximum Gasteiger partial charge on any atom is 0.339 e. The maximum atomic E-state index is 11.2. The Hall–Kier alpha value is -2.49. The van der Waals surface area contributed by atoms with Crippen molar-refractivity contribution >= 4 is 11.7 Å². The molecular formula is C17H17NO3. The number of aromatic carboxylic acids is 1. The smallest absolute Gasteiger partial charge is 0.339 e. The first-order valence-corrected chi connectivity index (χ1v) is 7.03. The molecule has 2 aromatic carbocycles. The second-order valence-electron chi connectivity index (χ2n) is 5.07. The highest BCUT2D eigenvalue weighted by Gasteiger charge is 2.17. The lowest BCUT2D eigenvalue weighted by molar-refractivity contribution is 0.0692. The molecule has 1 heterocycles. The van der Waals surface area contributed by atoms with E-state index in [1.54, 1.807) is 24.3 Å². The van der Waals surface area contributed by atoms with Crippen LogP contribution in [0.2, 0.25) is 0 Å². The van der Waals surface area contributed by atoms with Crippen molar-refractivity contribution in [2.24, 2.45) is 0 Å². The van der Waals surface area contributed by atoms with Gasteiger partial charge in [0.05, 0.1) is 0 Å². The monoisotopic (exact) mass is 283 g/mol. The average molecular weight is 283 g/mol. The van der Waals surface area contributed by atoms with Crippen LogP contribution in [0.4, 0.5) is 5.69 Å². The van der Waals surface area contributed by atoms with Crippen LogP contribution in [0.15, 0.2) is 48.5 Å². The summed E-state index contributed by atoms with van der Waals surface area (Å²) in [7, 11) is 0. The van der Waals surface area contributed by atoms with Crippen LogP contribution in [-0.2, 0) is 6.42 Å². The van der Waals surface area contributed by atoms with Crippen molar-refractivity contribution in [3.63, 3.8) is 0 Å². The molecule has 4 nitrogen and oxygen atoms in total. The molecule has 0 spiro atoms. The zero-order valence-corrected chi connectivity index (χ0v) is 11.7. The molecule has 21 heavy (non-hydrogen) atoms. The number of carboxylic acid groups (broad SMARTS) is 1. The number of hydrogen-bond acceptors (Lipinski definition) is 3. The van der Waals surface area contributed by atoms with Crippen molar-refractivity contribution in [2.45, 2.75) is 12.8 Å². The van der Waals surface area contributed by atoms with Gasteiger partial charge in [-0.2, -0.15) is 0 Å². The lowest BCUT2D eigenvalue weighted by Crippen LogP contribution is -2.33. The standard InChI is InChI=1S/C17H17NO3/c19-17(20)14-8-2-4-10-16(14)21-12-18-11-5-7-13-6-1-3-9-15(13)18/h1-4,6,8-10H,5,7,11-12H2,(H,19,20). The topological polar surface area (TPSA) is 49.8 Å². The number of benzene rings is 2. The fourth-order valence-corrected chi connectivity index (χ4v) is 2.66. The number of nitrogens with zero attached hydrogens (tertiary/aromatic N) is 1. The Balaban J connectivity index is 1.76. The number of carbonyl (C=O) groups is 1. The number of carboxylic acids is 1. The van der Waals surface area contributed by atoms with Gasteiger partial charge in [-0.15, -0.1) is 0 Å². The minimum atomic E-state index is -0.968. The molecule has 0 bridgehead atoms. The summed E-state index contributed by atoms with van der Waals surface area (Å²) in [6.07, 6.45) is 2.17. The van der Waals surface area contributed by atoms with E-state index in [0.29, 0.717) is 12.5 Å². The van der Waals surface area contributed by atoms with Crippen LogP contribution in [0.25, 0.3) is 0 Å². The van der Waals surface area contributed by atoms with Crippen LogP contribution < -0.4 is 9.64 Å². The van der Waals surface area contributed by atoms with Gasteiger partial charge in [0.25, 0.3) is 0 Å². The van der Waals surface area contributed by atoms with Crippen LogP contribution in [-0.4, -0.2) is 24.4 Å². The van der Waals surface area contributed by atoms with E-state index >= 15 is 0 Å². The summed E-state index contributed by atoms with van der Waals surface area (Å²) in [4.78, 5) is 13.3. The Morgan fingerprint density at radius 3 is 2.76 bits per heavy atom. The molecule has 1 N–H and O–H groups in total. The lowest BCUT2D eigenvalue weighted by atomic mass is 10.0. The molecule has 108 valence electrons. The third-order valence-corrected chi connectivity index (χ3v) is 3.70. The van der Waals surface area contributed by atoms with Crippen molar-refractivity contribution in [3.05, 3.63) is 59.7 Å². The van der Waals surface area contributed by atoms with Crippen molar-refractivity contribution in [1.29, 1.82) is 0 Å². The Morgan fingerprint density at radius 2 is 1.90 bits per heavy atom. The molecule has 0 amide bonds. The summed E-state index contributed by atoms with van der Waals surface area (Å²) in [5.41, 5.74) is 2.69. The minimum absolute atomic E-state index is 0.197. The number of anilines is 1. The van der Waals surface area contributed by atoms with Crippen molar-refractivity contribution in [2.75, 3.05) is 18.2 Å². The molecule has 0 atom stereocenters. The van der Waals surface area contributed by atoms with Gasteiger partial charge in [0.2, 0.25) is 0 Å². The van der Waals surface area contributed by atoms with E-state index < -0.39 is 5.97 Å². The van der Waals surface area contributed by atoms with Gasteiger partial charge >= 0.3 is 5.97 Å². The van der Waals surface area contributed by atoms with Gasteiger partial charge in [-0.3, -0.25) is 0 Å². The molecule has 0 saturated heterocycles. The number of hydrogen-bond donors (Lipinski definition) is 1. The largest absolute Gasteiger partial charge is 0.478 e. The van der Waals surface area contributed by atoms with Crippen LogP contribution in [0, 0.1) is 0 Å². The summed E-state index contributed by atoms with van der Waals surface area (Å²) in [6.45, 7) is 1.29. The molecule has 4 heteroatoms. The Labute approximate surface area is 123 Å². The third kappa shape index (κ3) is 2.84. The fourth-order valence-electron chi connectivity index (χ4n) is 2.66. The van der Waals surface area contributed by atoms with E-state index in [2.05, 4.69) is 17.0 Å². The number of aryl methyl sites for hydroxylation is 1. The summed E-state index contributed by atoms with van der Waals surface area (Å²) < 4.78 is 5.74. The number of ether oxygens (including phenoxy) is 1. The van der Waals surface area contributed by atoms with Gasteiger partial charge in [-0.25, -0.2) is 4.79 Å². The van der Waals surface area contributed by atoms with Gasteiger partial charge in [0.15, 0.2) is 6.73 Å². The van der Waals surface area contributed by atoms with Gasteiger partial charge in [0.1, 0.15) is 11.3 Å². The molecule has 0 radical (unpaired) electrons. The molecular weight excluding hydrogens is 266 g/mol. The summed E-state index contributed by atoms with van der Waals surface area (Å²) in [6, 6.07) is 15.0. The Kier molecular flexibility index (Phi) is 3.77. The fraction of sp³-hybridized carbons (Fsp3) is 0.235. The van der Waals surface area contributed by atoms with E-state index in [1.807, 2.05) is 12.1 Å². The molecule has 0 aromatic heterocycles. The normalized spacial score (nSPS) is 13.6. The molecule has 1 aliphatic heterocycles. The number of fused-ring (bicyclic) bond motifs is 1. The predicted octanol–water partition coefficient (Wildman–Crippen LogP) is 3.17. The highest BCUT2D eigenvalue weighted by atomic mass is 16.5. The molecule has 1 aliphatic rings. The van der Waals surface area contributed by atoms with E-state index in [4.69, 9.17) is 9.84 Å². The zero-order valence-electron chi connectivity index (χ0n) is 11.7. The first-order chi connectivity index (χ1) is 10.3. The van der Waals surface area contributed by atoms with Crippen LogP contribution >= 0.6 is 0 Å². The highest BCUT2D eigenvalue weighted by molar-refractivity contribution is 5.90. The Morgan fingerprint density at radius 1 is 1.14 bits per heavy atom. The molecule has 2 aromatic rings. The molecule has 0 saturated carbocycles. The van der Waals surface area contributed by atoms with Crippen LogP contribution in [0.5, 0.6) is 5.75 Å². The zero-order chi connectivity index (χ0) is 14.7. The molecule has 0 aliphatic carbocycles. The van der Waals surface area contributed by atoms with Gasteiger partial charge in [0, 0.05) is 12.2 Å². The second kappa shape index (κ2) is 5.87. The summed E-state index contributed by atoms with van der Waals surface area (Å²) in [5.74, 6) is -0.558. The number of para-hydroxylation sites is 2. The van der Waals surface area contributed by atoms with E-state index in [1.165, 1.54) is 11.3 Å². The van der Waals surface area contributed by atoms with E-state index in [-0.39, 0.29) is 5.56 Å². The molecule has 3 rings (SSSR count). The lowest BCUT2D eigenvalue weighted by Gasteiger charge is -2.31. The number of rotatable bonds is 4. The average Bonchev–Trinajstić information content (AvgIpc) is 2.53. The quantitative estimate of drug-likeness (QED) is 0.936. The third-order valence-electron chi connectivity index (χ3n) is 3.70.